The molecule has 118 valence electrons. The predicted molar refractivity (Wildman–Crippen MR) is 80.2 cm³/mol. The Morgan fingerprint density at radius 3 is 2.82 bits per heavy atom. The third kappa shape index (κ3) is 5.17. The molecule has 0 saturated carbocycles. The number of rotatable bonds is 8. The second-order valence-corrected chi connectivity index (χ2v) is 4.93. The predicted octanol–water partition coefficient (Wildman–Crippen LogP) is 0.664. The van der Waals surface area contributed by atoms with E-state index in [0.29, 0.717) is 18.8 Å². The van der Waals surface area contributed by atoms with E-state index in [9.17, 15) is 4.79 Å². The first kappa shape index (κ1) is 16.0. The number of ether oxygens (including phenoxy) is 1. The van der Waals surface area contributed by atoms with Gasteiger partial charge in [0.15, 0.2) is 0 Å². The summed E-state index contributed by atoms with van der Waals surface area (Å²) in [6.07, 6.45) is 2.26. The van der Waals surface area contributed by atoms with Crippen LogP contribution in [0.25, 0.3) is 0 Å². The molecule has 0 aliphatic rings. The monoisotopic (exact) mass is 304 g/mol. The maximum atomic E-state index is 11.7. The Labute approximate surface area is 128 Å². The second-order valence-electron chi connectivity index (χ2n) is 4.93. The number of hydrogen-bond acceptors (Lipinski definition) is 5. The minimum Gasteiger partial charge on any atom is -0.494 e. The van der Waals surface area contributed by atoms with E-state index < -0.39 is 0 Å². The average Bonchev–Trinajstić information content (AvgIpc) is 2.96. The van der Waals surface area contributed by atoms with Gasteiger partial charge in [0.2, 0.25) is 5.91 Å². The molecule has 0 bridgehead atoms. The zero-order valence-corrected chi connectivity index (χ0v) is 12.5. The van der Waals surface area contributed by atoms with Crippen molar-refractivity contribution in [3.8, 4) is 5.75 Å². The zero-order chi connectivity index (χ0) is 15.8. The molecule has 1 heterocycles. The third-order valence-electron chi connectivity index (χ3n) is 2.99. The normalized spacial score (nSPS) is 10.5. The van der Waals surface area contributed by atoms with E-state index in [0.717, 1.165) is 12.2 Å². The molecule has 2 rings (SSSR count). The van der Waals surface area contributed by atoms with Crippen LogP contribution >= 0.6 is 0 Å². The summed E-state index contributed by atoms with van der Waals surface area (Å²) in [6, 6.07) is 7.85. The van der Waals surface area contributed by atoms with Crippen molar-refractivity contribution in [2.24, 2.45) is 0 Å². The van der Waals surface area contributed by atoms with Crippen LogP contribution in [0.1, 0.15) is 17.7 Å². The van der Waals surface area contributed by atoms with Crippen LogP contribution in [0.3, 0.4) is 0 Å². The quantitative estimate of drug-likeness (QED) is 0.700. The van der Waals surface area contributed by atoms with Gasteiger partial charge in [-0.25, -0.2) is 4.68 Å². The molecule has 0 radical (unpaired) electrons. The number of aryl methyl sites for hydroxylation is 1. The zero-order valence-electron chi connectivity index (χ0n) is 12.5. The standard InChI is InChI=1S/C15H20N4O3/c1-12-3-5-14(6-4-12)22-8-2-7-16-15(21)10-19-9-13(11-20)17-18-19/h3-6,9,20H,2,7-8,10-11H2,1H3,(H,16,21). The summed E-state index contributed by atoms with van der Waals surface area (Å²) in [5.74, 6) is 0.681. The lowest BCUT2D eigenvalue weighted by molar-refractivity contribution is -0.121. The first-order chi connectivity index (χ1) is 10.7. The lowest BCUT2D eigenvalue weighted by atomic mass is 10.2. The molecule has 2 aromatic rings. The van der Waals surface area contributed by atoms with Gasteiger partial charge in [-0.05, 0) is 25.5 Å². The van der Waals surface area contributed by atoms with Crippen LogP contribution in [-0.4, -0.2) is 39.2 Å². The first-order valence-corrected chi connectivity index (χ1v) is 7.13. The van der Waals surface area contributed by atoms with E-state index in [1.54, 1.807) is 6.20 Å². The van der Waals surface area contributed by atoms with Crippen LogP contribution in [-0.2, 0) is 17.9 Å². The smallest absolute Gasteiger partial charge is 0.241 e. The van der Waals surface area contributed by atoms with E-state index in [4.69, 9.17) is 9.84 Å². The number of nitrogens with zero attached hydrogens (tertiary/aromatic N) is 3. The number of carbonyl (C=O) groups excluding carboxylic acids is 1. The highest BCUT2D eigenvalue weighted by molar-refractivity contribution is 5.75. The summed E-state index contributed by atoms with van der Waals surface area (Å²) in [5, 5.41) is 19.1. The number of aromatic nitrogens is 3. The largest absolute Gasteiger partial charge is 0.494 e. The van der Waals surface area contributed by atoms with Gasteiger partial charge in [0.05, 0.1) is 19.4 Å². The average molecular weight is 304 g/mol. The third-order valence-corrected chi connectivity index (χ3v) is 2.99. The van der Waals surface area contributed by atoms with E-state index in [1.807, 2.05) is 31.2 Å². The fourth-order valence-corrected chi connectivity index (χ4v) is 1.82. The molecule has 0 unspecified atom stereocenters. The summed E-state index contributed by atoms with van der Waals surface area (Å²) in [7, 11) is 0. The number of amides is 1. The minimum atomic E-state index is -0.183. The van der Waals surface area contributed by atoms with Crippen LogP contribution in [0.5, 0.6) is 5.75 Å². The van der Waals surface area contributed by atoms with Crippen molar-refractivity contribution in [1.29, 1.82) is 0 Å². The molecular formula is C15H20N4O3. The maximum absolute atomic E-state index is 11.7. The summed E-state index contributed by atoms with van der Waals surface area (Å²) < 4.78 is 6.96. The maximum Gasteiger partial charge on any atom is 0.241 e. The Kier molecular flexibility index (Phi) is 5.91. The molecule has 7 nitrogen and oxygen atoms in total. The molecule has 22 heavy (non-hydrogen) atoms. The Balaban J connectivity index is 1.59. The Bertz CT molecular complexity index is 595. The molecule has 0 fully saturated rings. The van der Waals surface area contributed by atoms with E-state index in [2.05, 4.69) is 15.6 Å². The van der Waals surface area contributed by atoms with Crippen LogP contribution in [0, 0.1) is 6.92 Å². The fourth-order valence-electron chi connectivity index (χ4n) is 1.82. The Morgan fingerprint density at radius 1 is 1.36 bits per heavy atom. The number of aliphatic hydroxyl groups is 1. The lowest BCUT2D eigenvalue weighted by Gasteiger charge is -2.07. The molecule has 1 aromatic carbocycles. The molecule has 7 heteroatoms. The Hall–Kier alpha value is -2.41. The van der Waals surface area contributed by atoms with Crippen LogP contribution < -0.4 is 10.1 Å². The first-order valence-electron chi connectivity index (χ1n) is 7.13. The molecule has 0 atom stereocenters. The molecule has 0 aliphatic carbocycles. The van der Waals surface area contributed by atoms with E-state index >= 15 is 0 Å². The van der Waals surface area contributed by atoms with Crippen LogP contribution in [0.2, 0.25) is 0 Å². The van der Waals surface area contributed by atoms with Crippen molar-refractivity contribution >= 4 is 5.91 Å². The van der Waals surface area contributed by atoms with Gasteiger partial charge >= 0.3 is 0 Å². The summed E-state index contributed by atoms with van der Waals surface area (Å²) >= 11 is 0. The molecule has 1 amide bonds. The highest BCUT2D eigenvalue weighted by atomic mass is 16.5. The summed E-state index contributed by atoms with van der Waals surface area (Å²) in [5.41, 5.74) is 1.64. The number of hydrogen-bond donors (Lipinski definition) is 2. The van der Waals surface area contributed by atoms with Gasteiger partial charge in [-0.15, -0.1) is 5.10 Å². The molecule has 1 aromatic heterocycles. The van der Waals surface area contributed by atoms with Gasteiger partial charge in [0.1, 0.15) is 18.0 Å². The van der Waals surface area contributed by atoms with Gasteiger partial charge < -0.3 is 15.2 Å². The van der Waals surface area contributed by atoms with Crippen molar-refractivity contribution in [1.82, 2.24) is 20.3 Å². The molecule has 0 spiro atoms. The van der Waals surface area contributed by atoms with E-state index in [1.165, 1.54) is 10.2 Å². The number of carbonyl (C=O) groups is 1. The molecule has 2 N–H and O–H groups in total. The lowest BCUT2D eigenvalue weighted by Crippen LogP contribution is -2.29. The number of benzene rings is 1. The Morgan fingerprint density at radius 2 is 2.14 bits per heavy atom. The van der Waals surface area contributed by atoms with Gasteiger partial charge in [-0.2, -0.15) is 0 Å². The second kappa shape index (κ2) is 8.14. The van der Waals surface area contributed by atoms with Gasteiger partial charge in [-0.1, -0.05) is 22.9 Å². The van der Waals surface area contributed by atoms with Crippen LogP contribution in [0.4, 0.5) is 0 Å². The van der Waals surface area contributed by atoms with Crippen LogP contribution in [0.15, 0.2) is 30.5 Å². The highest BCUT2D eigenvalue weighted by Crippen LogP contribution is 2.11. The van der Waals surface area contributed by atoms with Crippen molar-refractivity contribution < 1.29 is 14.6 Å². The van der Waals surface area contributed by atoms with E-state index in [-0.39, 0.29) is 19.1 Å². The summed E-state index contributed by atoms with van der Waals surface area (Å²) in [6.45, 7) is 3.01. The van der Waals surface area contributed by atoms with Gasteiger partial charge in [-0.3, -0.25) is 4.79 Å². The van der Waals surface area contributed by atoms with Gasteiger partial charge in [0.25, 0.3) is 0 Å². The SMILES string of the molecule is Cc1ccc(OCCCNC(=O)Cn2cc(CO)nn2)cc1. The van der Waals surface area contributed by atoms with Crippen molar-refractivity contribution in [3.05, 3.63) is 41.7 Å². The van der Waals surface area contributed by atoms with Crippen molar-refractivity contribution in [2.75, 3.05) is 13.2 Å². The molecular weight excluding hydrogens is 284 g/mol. The van der Waals surface area contributed by atoms with Gasteiger partial charge in [0, 0.05) is 6.54 Å². The van der Waals surface area contributed by atoms with Crippen molar-refractivity contribution in [2.45, 2.75) is 26.5 Å². The number of nitrogens with one attached hydrogen (secondary N) is 1. The fraction of sp³-hybridized carbons (Fsp3) is 0.400. The molecule has 0 saturated heterocycles. The minimum absolute atomic E-state index is 0.0891. The summed E-state index contributed by atoms with van der Waals surface area (Å²) in [4.78, 5) is 11.7. The number of aliphatic hydroxyl groups excluding tert-OH is 1. The highest BCUT2D eigenvalue weighted by Gasteiger charge is 2.05. The van der Waals surface area contributed by atoms with Crippen molar-refractivity contribution in [3.63, 3.8) is 0 Å². The topological polar surface area (TPSA) is 89.3 Å². The molecule has 0 aliphatic heterocycles.